The number of hydrogen-bond donors (Lipinski definition) is 0. The minimum absolute atomic E-state index is 0.0339. The van der Waals surface area contributed by atoms with E-state index < -0.39 is 17.3 Å². The summed E-state index contributed by atoms with van der Waals surface area (Å²) in [4.78, 5) is 37.1. The molecule has 0 amide bonds. The van der Waals surface area contributed by atoms with Crippen LogP contribution in [0.1, 0.15) is 27.2 Å². The molecule has 2 aromatic carbocycles. The molecule has 1 heterocycles. The molecule has 1 aromatic heterocycles. The highest BCUT2D eigenvalue weighted by atomic mass is 16.6. The average molecular weight is 447 g/mol. The Bertz CT molecular complexity index is 1230. The number of rotatable bonds is 9. The van der Waals surface area contributed by atoms with Crippen molar-refractivity contribution in [3.8, 4) is 11.5 Å². The average Bonchev–Trinajstić information content (AvgIpc) is 2.84. The third-order valence-corrected chi connectivity index (χ3v) is 4.99. The van der Waals surface area contributed by atoms with Crippen LogP contribution in [0.4, 0.5) is 0 Å². The first kappa shape index (κ1) is 23.5. The zero-order valence-electron chi connectivity index (χ0n) is 18.7. The number of carbonyl (C=O) groups excluding carboxylic acids is 2. The number of aryl methyl sites for hydroxylation is 1. The molecule has 33 heavy (non-hydrogen) atoms. The minimum atomic E-state index is -0.496. The molecule has 7 heteroatoms. The van der Waals surface area contributed by atoms with Crippen molar-refractivity contribution in [2.24, 2.45) is 7.05 Å². The monoisotopic (exact) mass is 447 g/mol. The van der Waals surface area contributed by atoms with Gasteiger partial charge in [-0.3, -0.25) is 9.59 Å². The number of allylic oxidation sites excluding steroid dienone is 1. The summed E-state index contributed by atoms with van der Waals surface area (Å²) in [5.74, 6) is -0.277. The predicted molar refractivity (Wildman–Crippen MR) is 125 cm³/mol. The molecule has 0 aliphatic rings. The van der Waals surface area contributed by atoms with Gasteiger partial charge in [0.25, 0.3) is 5.56 Å². The van der Waals surface area contributed by atoms with Crippen molar-refractivity contribution < 1.29 is 23.8 Å². The first-order valence-corrected chi connectivity index (χ1v) is 10.3. The lowest BCUT2D eigenvalue weighted by Crippen LogP contribution is -2.26. The van der Waals surface area contributed by atoms with E-state index in [0.717, 1.165) is 5.56 Å². The molecule has 0 saturated heterocycles. The van der Waals surface area contributed by atoms with Crippen LogP contribution in [-0.4, -0.2) is 30.0 Å². The molecule has 0 spiro atoms. The molecule has 0 N–H and O–H groups in total. The molecule has 0 bridgehead atoms. The number of methoxy groups -OCH3 is 1. The summed E-state index contributed by atoms with van der Waals surface area (Å²) >= 11 is 0. The highest BCUT2D eigenvalue weighted by molar-refractivity contribution is 6.08. The van der Waals surface area contributed by atoms with Crippen molar-refractivity contribution in [2.45, 2.75) is 13.5 Å². The maximum absolute atomic E-state index is 13.0. The van der Waals surface area contributed by atoms with Crippen LogP contribution in [0, 0.1) is 6.92 Å². The quantitative estimate of drug-likeness (QED) is 0.282. The van der Waals surface area contributed by atoms with Crippen LogP contribution >= 0.6 is 0 Å². The summed E-state index contributed by atoms with van der Waals surface area (Å²) in [5.41, 5.74) is 1.81. The van der Waals surface area contributed by atoms with E-state index in [2.05, 4.69) is 4.74 Å². The Kier molecular flexibility index (Phi) is 7.81. The van der Waals surface area contributed by atoms with Crippen molar-refractivity contribution in [3.05, 3.63) is 99.5 Å². The lowest BCUT2D eigenvalue weighted by molar-refractivity contribution is -0.142. The van der Waals surface area contributed by atoms with Gasteiger partial charge in [0, 0.05) is 18.8 Å². The minimum Gasteiger partial charge on any atom is -0.488 e. The second-order valence-electron chi connectivity index (χ2n) is 7.30. The normalized spacial score (nSPS) is 10.8. The van der Waals surface area contributed by atoms with E-state index in [-0.39, 0.29) is 24.5 Å². The Morgan fingerprint density at radius 2 is 1.76 bits per heavy atom. The standard InChI is InChI=1S/C26H25NO6/c1-18-14-23(33-16-20-8-5-4-6-9-20)25(26(30)27(18)2)22(28)13-12-19-10-7-11-21(15-19)32-17-24(29)31-3/h4-15H,16-17H2,1-3H3. The molecule has 0 saturated carbocycles. The Morgan fingerprint density at radius 1 is 1.00 bits per heavy atom. The number of carbonyl (C=O) groups is 2. The zero-order valence-corrected chi connectivity index (χ0v) is 18.7. The molecule has 0 aliphatic carbocycles. The van der Waals surface area contributed by atoms with Crippen molar-refractivity contribution >= 4 is 17.8 Å². The summed E-state index contributed by atoms with van der Waals surface area (Å²) < 4.78 is 17.2. The van der Waals surface area contributed by atoms with Crippen LogP contribution in [0.15, 0.2) is 71.5 Å². The predicted octanol–water partition coefficient (Wildman–Crippen LogP) is 3.72. The van der Waals surface area contributed by atoms with E-state index in [9.17, 15) is 14.4 Å². The van der Waals surface area contributed by atoms with Gasteiger partial charge in [-0.15, -0.1) is 0 Å². The molecule has 0 unspecified atom stereocenters. The Hall–Kier alpha value is -4.13. The second-order valence-corrected chi connectivity index (χ2v) is 7.30. The topological polar surface area (TPSA) is 83.8 Å². The van der Waals surface area contributed by atoms with E-state index >= 15 is 0 Å². The van der Waals surface area contributed by atoms with Gasteiger partial charge in [0.05, 0.1) is 7.11 Å². The van der Waals surface area contributed by atoms with Crippen molar-refractivity contribution in [2.75, 3.05) is 13.7 Å². The van der Waals surface area contributed by atoms with Gasteiger partial charge in [-0.1, -0.05) is 48.5 Å². The van der Waals surface area contributed by atoms with Crippen LogP contribution in [-0.2, 0) is 23.2 Å². The van der Waals surface area contributed by atoms with Gasteiger partial charge in [-0.25, -0.2) is 4.79 Å². The van der Waals surface area contributed by atoms with Gasteiger partial charge < -0.3 is 18.8 Å². The molecule has 3 aromatic rings. The third kappa shape index (κ3) is 6.20. The maximum Gasteiger partial charge on any atom is 0.343 e. The van der Waals surface area contributed by atoms with Crippen molar-refractivity contribution in [1.82, 2.24) is 4.57 Å². The smallest absolute Gasteiger partial charge is 0.343 e. The Morgan fingerprint density at radius 3 is 2.48 bits per heavy atom. The van der Waals surface area contributed by atoms with E-state index in [1.165, 1.54) is 17.8 Å². The summed E-state index contributed by atoms with van der Waals surface area (Å²) in [6.45, 7) is 1.79. The summed E-state index contributed by atoms with van der Waals surface area (Å²) in [5, 5.41) is 0. The lowest BCUT2D eigenvalue weighted by Gasteiger charge is -2.13. The van der Waals surface area contributed by atoms with Gasteiger partial charge in [-0.05, 0) is 36.3 Å². The number of hydrogen-bond acceptors (Lipinski definition) is 6. The van der Waals surface area contributed by atoms with E-state index in [0.29, 0.717) is 17.0 Å². The van der Waals surface area contributed by atoms with Crippen LogP contribution < -0.4 is 15.0 Å². The number of aromatic nitrogens is 1. The van der Waals surface area contributed by atoms with Gasteiger partial charge in [-0.2, -0.15) is 0 Å². The summed E-state index contributed by atoms with van der Waals surface area (Å²) in [6, 6.07) is 18.1. The SMILES string of the molecule is COC(=O)COc1cccc(C=CC(=O)c2c(OCc3ccccc3)cc(C)n(C)c2=O)c1. The van der Waals surface area contributed by atoms with E-state index in [1.54, 1.807) is 50.4 Å². The van der Waals surface area contributed by atoms with E-state index in [4.69, 9.17) is 9.47 Å². The van der Waals surface area contributed by atoms with Gasteiger partial charge >= 0.3 is 5.97 Å². The molecule has 0 atom stereocenters. The van der Waals surface area contributed by atoms with Crippen LogP contribution in [0.25, 0.3) is 6.08 Å². The molecule has 0 radical (unpaired) electrons. The van der Waals surface area contributed by atoms with Crippen LogP contribution in [0.5, 0.6) is 11.5 Å². The van der Waals surface area contributed by atoms with Crippen molar-refractivity contribution in [1.29, 1.82) is 0 Å². The summed E-state index contributed by atoms with van der Waals surface area (Å²) in [6.07, 6.45) is 2.90. The van der Waals surface area contributed by atoms with Gasteiger partial charge in [0.2, 0.25) is 0 Å². The number of esters is 1. The first-order chi connectivity index (χ1) is 15.9. The van der Waals surface area contributed by atoms with Gasteiger partial charge in [0.1, 0.15) is 23.7 Å². The molecule has 170 valence electrons. The fourth-order valence-corrected chi connectivity index (χ4v) is 3.03. The zero-order chi connectivity index (χ0) is 23.8. The number of nitrogens with zero attached hydrogens (tertiary/aromatic N) is 1. The molecule has 0 fully saturated rings. The summed E-state index contributed by atoms with van der Waals surface area (Å²) in [7, 11) is 2.89. The third-order valence-electron chi connectivity index (χ3n) is 4.99. The second kappa shape index (κ2) is 10.9. The van der Waals surface area contributed by atoms with Crippen molar-refractivity contribution in [3.63, 3.8) is 0 Å². The highest BCUT2D eigenvalue weighted by Gasteiger charge is 2.18. The van der Waals surface area contributed by atoms with Gasteiger partial charge in [0.15, 0.2) is 12.4 Å². The maximum atomic E-state index is 13.0. The van der Waals surface area contributed by atoms with E-state index in [1.807, 2.05) is 30.3 Å². The molecular formula is C26H25NO6. The van der Waals surface area contributed by atoms with Crippen LogP contribution in [0.2, 0.25) is 0 Å². The Balaban J connectivity index is 1.83. The number of ketones is 1. The Labute approximate surface area is 191 Å². The molecular weight excluding hydrogens is 422 g/mol. The highest BCUT2D eigenvalue weighted by Crippen LogP contribution is 2.20. The molecule has 3 rings (SSSR count). The van der Waals surface area contributed by atoms with Crippen LogP contribution in [0.3, 0.4) is 0 Å². The fourth-order valence-electron chi connectivity index (χ4n) is 3.03. The first-order valence-electron chi connectivity index (χ1n) is 10.3. The fraction of sp³-hybridized carbons (Fsp3) is 0.192. The number of pyridine rings is 1. The molecule has 7 nitrogen and oxygen atoms in total. The molecule has 0 aliphatic heterocycles. The number of benzene rings is 2. The lowest BCUT2D eigenvalue weighted by atomic mass is 10.1. The largest absolute Gasteiger partial charge is 0.488 e. The number of ether oxygens (including phenoxy) is 3.